The van der Waals surface area contributed by atoms with E-state index in [0.717, 1.165) is 12.8 Å². The number of benzene rings is 2. The third-order valence-corrected chi connectivity index (χ3v) is 5.58. The number of hydrogen-bond acceptors (Lipinski definition) is 2. The summed E-state index contributed by atoms with van der Waals surface area (Å²) in [5, 5.41) is 0. The number of allylic oxidation sites excluding steroid dienone is 4. The van der Waals surface area contributed by atoms with Crippen molar-refractivity contribution in [2.75, 3.05) is 0 Å². The highest BCUT2D eigenvalue weighted by Gasteiger charge is 2.41. The van der Waals surface area contributed by atoms with Gasteiger partial charge in [0.25, 0.3) is 0 Å². The molecule has 2 aromatic rings. The predicted molar refractivity (Wildman–Crippen MR) is 97.3 cm³/mol. The van der Waals surface area contributed by atoms with Crippen molar-refractivity contribution < 1.29 is 0 Å². The Morgan fingerprint density at radius 2 is 1.58 bits per heavy atom. The van der Waals surface area contributed by atoms with Gasteiger partial charge < -0.3 is 4.90 Å². The lowest BCUT2D eigenvalue weighted by atomic mass is 9.80. The van der Waals surface area contributed by atoms with Gasteiger partial charge in [0, 0.05) is 35.9 Å². The Hall–Kier alpha value is -2.87. The molecule has 0 aromatic heterocycles. The van der Waals surface area contributed by atoms with Crippen LogP contribution in [0.25, 0.3) is 11.3 Å². The molecule has 2 nitrogen and oxygen atoms in total. The molecular formula is C22H16N2. The van der Waals surface area contributed by atoms with Crippen molar-refractivity contribution in [3.63, 3.8) is 0 Å². The molecular weight excluding hydrogens is 292 g/mol. The van der Waals surface area contributed by atoms with Crippen LogP contribution in [0.5, 0.6) is 0 Å². The van der Waals surface area contributed by atoms with E-state index in [4.69, 9.17) is 4.99 Å². The lowest BCUT2D eigenvalue weighted by Gasteiger charge is -2.44. The van der Waals surface area contributed by atoms with E-state index in [1.165, 1.54) is 44.9 Å². The van der Waals surface area contributed by atoms with Crippen LogP contribution in [0.4, 0.5) is 0 Å². The summed E-state index contributed by atoms with van der Waals surface area (Å²) in [4.78, 5) is 7.30. The highest BCUT2D eigenvalue weighted by molar-refractivity contribution is 5.90. The van der Waals surface area contributed by atoms with E-state index in [1.54, 1.807) is 0 Å². The molecule has 0 radical (unpaired) electrons. The standard InChI is InChI=1S/C22H16N2/c1-3-8-17-14(6-1)15-10-5-11-19(15)24-20-12-13-23-21(20)16-7-2-4-9-18(16)22(17)24/h1-10,13,22H,11-12H2. The second-order valence-corrected chi connectivity index (χ2v) is 6.73. The molecule has 0 saturated heterocycles. The van der Waals surface area contributed by atoms with Crippen LogP contribution in [-0.2, 0) is 0 Å². The summed E-state index contributed by atoms with van der Waals surface area (Å²) in [6.07, 6.45) is 8.59. The summed E-state index contributed by atoms with van der Waals surface area (Å²) >= 11 is 0. The quantitative estimate of drug-likeness (QED) is 0.674. The Labute approximate surface area is 141 Å². The summed E-state index contributed by atoms with van der Waals surface area (Å²) in [5.41, 5.74) is 10.8. The predicted octanol–water partition coefficient (Wildman–Crippen LogP) is 4.92. The van der Waals surface area contributed by atoms with Crippen LogP contribution in [0.1, 0.15) is 41.1 Å². The molecule has 6 rings (SSSR count). The van der Waals surface area contributed by atoms with Gasteiger partial charge in [0.2, 0.25) is 0 Å². The average Bonchev–Trinajstić information content (AvgIpc) is 3.31. The molecule has 2 heteroatoms. The molecule has 4 aliphatic rings. The number of nitrogens with zero attached hydrogens (tertiary/aromatic N) is 2. The van der Waals surface area contributed by atoms with Gasteiger partial charge in [-0.3, -0.25) is 4.99 Å². The number of aliphatic imine (C=N–C) groups is 1. The van der Waals surface area contributed by atoms with Gasteiger partial charge in [-0.1, -0.05) is 60.7 Å². The summed E-state index contributed by atoms with van der Waals surface area (Å²) in [7, 11) is 0. The minimum Gasteiger partial charge on any atom is -0.334 e. The van der Waals surface area contributed by atoms with Gasteiger partial charge in [-0.15, -0.1) is 0 Å². The highest BCUT2D eigenvalue weighted by atomic mass is 15.2. The molecule has 0 spiro atoms. The van der Waals surface area contributed by atoms with E-state index < -0.39 is 0 Å². The molecule has 0 bridgehead atoms. The van der Waals surface area contributed by atoms with Crippen molar-refractivity contribution in [2.24, 2.45) is 4.99 Å². The molecule has 0 saturated carbocycles. The van der Waals surface area contributed by atoms with Gasteiger partial charge in [0.15, 0.2) is 0 Å². The smallest absolute Gasteiger partial charge is 0.0900 e. The van der Waals surface area contributed by atoms with Crippen LogP contribution >= 0.6 is 0 Å². The van der Waals surface area contributed by atoms with Crippen molar-refractivity contribution in [1.82, 2.24) is 4.90 Å². The van der Waals surface area contributed by atoms with Gasteiger partial charge in [-0.2, -0.15) is 0 Å². The zero-order valence-electron chi connectivity index (χ0n) is 13.2. The summed E-state index contributed by atoms with van der Waals surface area (Å²) in [5.74, 6) is 0. The fourth-order valence-corrected chi connectivity index (χ4v) is 4.65. The molecule has 24 heavy (non-hydrogen) atoms. The molecule has 1 atom stereocenters. The zero-order valence-corrected chi connectivity index (χ0v) is 13.2. The van der Waals surface area contributed by atoms with E-state index >= 15 is 0 Å². The molecule has 3 aliphatic heterocycles. The van der Waals surface area contributed by atoms with Crippen molar-refractivity contribution in [3.8, 4) is 0 Å². The molecule has 0 amide bonds. The number of hydrogen-bond donors (Lipinski definition) is 0. The Bertz CT molecular complexity index is 938. The maximum atomic E-state index is 4.73. The Morgan fingerprint density at radius 1 is 0.833 bits per heavy atom. The molecule has 0 N–H and O–H groups in total. The first-order chi connectivity index (χ1) is 11.9. The SMILES string of the molecule is C1=CC2=C(C1)N1C3=C(N=CC3)c3ccccc3C1c1ccccc12. The van der Waals surface area contributed by atoms with E-state index in [2.05, 4.69) is 71.8 Å². The normalized spacial score (nSPS) is 22.3. The van der Waals surface area contributed by atoms with Crippen LogP contribution in [0.15, 0.2) is 77.1 Å². The molecule has 0 fully saturated rings. The van der Waals surface area contributed by atoms with Gasteiger partial charge in [0.05, 0.1) is 17.4 Å². The number of fused-ring (bicyclic) bond motifs is 9. The molecule has 3 heterocycles. The maximum absolute atomic E-state index is 4.73. The summed E-state index contributed by atoms with van der Waals surface area (Å²) in [6.45, 7) is 0. The zero-order chi connectivity index (χ0) is 15.7. The van der Waals surface area contributed by atoms with Crippen LogP contribution in [0, 0.1) is 0 Å². The van der Waals surface area contributed by atoms with Crippen LogP contribution < -0.4 is 0 Å². The first kappa shape index (κ1) is 12.5. The Morgan fingerprint density at radius 3 is 2.46 bits per heavy atom. The van der Waals surface area contributed by atoms with E-state index in [-0.39, 0.29) is 6.04 Å². The summed E-state index contributed by atoms with van der Waals surface area (Å²) in [6, 6.07) is 17.9. The summed E-state index contributed by atoms with van der Waals surface area (Å²) < 4.78 is 0. The van der Waals surface area contributed by atoms with Crippen molar-refractivity contribution in [3.05, 3.63) is 94.3 Å². The third-order valence-electron chi connectivity index (χ3n) is 5.58. The maximum Gasteiger partial charge on any atom is 0.0900 e. The molecule has 2 aromatic carbocycles. The van der Waals surface area contributed by atoms with Crippen molar-refractivity contribution >= 4 is 17.5 Å². The second kappa shape index (κ2) is 4.35. The van der Waals surface area contributed by atoms with Crippen molar-refractivity contribution in [2.45, 2.75) is 18.9 Å². The Kier molecular flexibility index (Phi) is 2.28. The third kappa shape index (κ3) is 1.40. The second-order valence-electron chi connectivity index (χ2n) is 6.73. The minimum atomic E-state index is 0.275. The first-order valence-corrected chi connectivity index (χ1v) is 8.56. The lowest BCUT2D eigenvalue weighted by Crippen LogP contribution is -2.35. The molecule has 114 valence electrons. The monoisotopic (exact) mass is 308 g/mol. The van der Waals surface area contributed by atoms with Crippen LogP contribution in [-0.4, -0.2) is 11.1 Å². The fraction of sp³-hybridized carbons (Fsp3) is 0.136. The fourth-order valence-electron chi connectivity index (χ4n) is 4.65. The van der Waals surface area contributed by atoms with Gasteiger partial charge >= 0.3 is 0 Å². The lowest BCUT2D eigenvalue weighted by molar-refractivity contribution is 0.344. The van der Waals surface area contributed by atoms with E-state index in [0.29, 0.717) is 0 Å². The van der Waals surface area contributed by atoms with Gasteiger partial charge in [-0.05, 0) is 16.7 Å². The van der Waals surface area contributed by atoms with Crippen LogP contribution in [0.2, 0.25) is 0 Å². The number of rotatable bonds is 0. The van der Waals surface area contributed by atoms with E-state index in [1.807, 2.05) is 0 Å². The Balaban J connectivity index is 1.72. The average molecular weight is 308 g/mol. The molecule has 1 unspecified atom stereocenters. The van der Waals surface area contributed by atoms with Crippen LogP contribution in [0.3, 0.4) is 0 Å². The minimum absolute atomic E-state index is 0.275. The molecule has 1 aliphatic carbocycles. The van der Waals surface area contributed by atoms with Crippen molar-refractivity contribution in [1.29, 1.82) is 0 Å². The topological polar surface area (TPSA) is 15.6 Å². The van der Waals surface area contributed by atoms with Gasteiger partial charge in [-0.25, -0.2) is 0 Å². The first-order valence-electron chi connectivity index (χ1n) is 8.56. The largest absolute Gasteiger partial charge is 0.334 e. The highest BCUT2D eigenvalue weighted by Crippen LogP contribution is 2.53. The van der Waals surface area contributed by atoms with E-state index in [9.17, 15) is 0 Å². The van der Waals surface area contributed by atoms with Gasteiger partial charge in [0.1, 0.15) is 0 Å².